The highest BCUT2D eigenvalue weighted by Gasteiger charge is 2.43. The second-order valence-corrected chi connectivity index (χ2v) is 8.86. The van der Waals surface area contributed by atoms with Crippen molar-refractivity contribution in [2.24, 2.45) is 5.73 Å². The maximum absolute atomic E-state index is 13.9. The molecule has 1 saturated heterocycles. The monoisotopic (exact) mass is 557 g/mol. The minimum absolute atomic E-state index is 0. The maximum atomic E-state index is 13.9. The SMILES string of the molecule is Cl.NC(CC(=O)N1CCn2c(C(F)(F)F)nc(C(=O)N3CCC(F)C3)c2C1)Cc1cc(F)c(F)cc1F. The van der Waals surface area contributed by atoms with Crippen LogP contribution in [0.1, 0.15) is 40.4 Å². The molecule has 2 N–H and O–H groups in total. The number of rotatable bonds is 5. The number of likely N-dealkylation sites (tertiary alicyclic amines) is 1. The zero-order chi connectivity index (χ0) is 26.4. The van der Waals surface area contributed by atoms with E-state index in [9.17, 15) is 40.3 Å². The molecular weight excluding hydrogens is 535 g/mol. The van der Waals surface area contributed by atoms with E-state index in [1.165, 1.54) is 4.90 Å². The Bertz CT molecular complexity index is 1190. The molecule has 2 amide bonds. The van der Waals surface area contributed by atoms with Crippen molar-refractivity contribution in [3.63, 3.8) is 0 Å². The highest BCUT2D eigenvalue weighted by atomic mass is 35.5. The first-order valence-electron chi connectivity index (χ1n) is 11.1. The smallest absolute Gasteiger partial charge is 0.335 e. The molecule has 1 aromatic heterocycles. The van der Waals surface area contributed by atoms with Crippen LogP contribution >= 0.6 is 12.4 Å². The minimum Gasteiger partial charge on any atom is -0.335 e. The van der Waals surface area contributed by atoms with Gasteiger partial charge < -0.3 is 20.1 Å². The van der Waals surface area contributed by atoms with Crippen molar-refractivity contribution >= 4 is 24.2 Å². The normalized spacial score (nSPS) is 18.4. The lowest BCUT2D eigenvalue weighted by Gasteiger charge is -2.30. The van der Waals surface area contributed by atoms with Gasteiger partial charge in [0, 0.05) is 38.2 Å². The van der Waals surface area contributed by atoms with Gasteiger partial charge in [0.1, 0.15) is 12.0 Å². The number of benzene rings is 1. The van der Waals surface area contributed by atoms with Crippen molar-refractivity contribution < 1.29 is 40.3 Å². The lowest BCUT2D eigenvalue weighted by Crippen LogP contribution is -2.42. The minimum atomic E-state index is -4.86. The van der Waals surface area contributed by atoms with Crippen LogP contribution in [-0.4, -0.2) is 63.0 Å². The van der Waals surface area contributed by atoms with Crippen LogP contribution in [-0.2, 0) is 30.5 Å². The van der Waals surface area contributed by atoms with E-state index < -0.39 is 59.2 Å². The Labute approximate surface area is 212 Å². The van der Waals surface area contributed by atoms with Crippen LogP contribution in [0.2, 0.25) is 0 Å². The summed E-state index contributed by atoms with van der Waals surface area (Å²) in [6.45, 7) is -1.03. The first-order valence-corrected chi connectivity index (χ1v) is 11.1. The summed E-state index contributed by atoms with van der Waals surface area (Å²) in [6.07, 6.45) is -6.73. The topological polar surface area (TPSA) is 84.5 Å². The Hall–Kier alpha value is -2.87. The number of nitrogens with two attached hydrogens (primary N) is 1. The number of imidazole rings is 1. The molecule has 15 heteroatoms. The molecule has 4 rings (SSSR count). The van der Waals surface area contributed by atoms with Crippen LogP contribution < -0.4 is 5.73 Å². The summed E-state index contributed by atoms with van der Waals surface area (Å²) < 4.78 is 95.6. The summed E-state index contributed by atoms with van der Waals surface area (Å²) >= 11 is 0. The molecule has 0 aliphatic carbocycles. The summed E-state index contributed by atoms with van der Waals surface area (Å²) in [5.74, 6) is -6.40. The second-order valence-electron chi connectivity index (χ2n) is 8.86. The van der Waals surface area contributed by atoms with E-state index in [1.54, 1.807) is 0 Å². The van der Waals surface area contributed by atoms with Gasteiger partial charge >= 0.3 is 6.18 Å². The van der Waals surface area contributed by atoms with Gasteiger partial charge in [-0.2, -0.15) is 13.2 Å². The van der Waals surface area contributed by atoms with Crippen LogP contribution in [0.15, 0.2) is 12.1 Å². The summed E-state index contributed by atoms with van der Waals surface area (Å²) in [6, 6.07) is 0.0140. The summed E-state index contributed by atoms with van der Waals surface area (Å²) in [5, 5.41) is 0. The van der Waals surface area contributed by atoms with E-state index in [-0.39, 0.29) is 75.7 Å². The zero-order valence-electron chi connectivity index (χ0n) is 19.2. The molecular formula is C22H23ClF7N5O2. The Morgan fingerprint density at radius 3 is 2.35 bits per heavy atom. The van der Waals surface area contributed by atoms with Gasteiger partial charge in [-0.3, -0.25) is 9.59 Å². The molecule has 0 bridgehead atoms. The molecule has 3 heterocycles. The third-order valence-corrected chi connectivity index (χ3v) is 6.24. The van der Waals surface area contributed by atoms with Gasteiger partial charge in [-0.1, -0.05) is 0 Å². The van der Waals surface area contributed by atoms with Crippen LogP contribution in [0, 0.1) is 17.5 Å². The second kappa shape index (κ2) is 10.9. The average Bonchev–Trinajstić information content (AvgIpc) is 3.40. The van der Waals surface area contributed by atoms with Crippen LogP contribution in [0.25, 0.3) is 0 Å². The molecule has 0 saturated carbocycles. The highest BCUT2D eigenvalue weighted by Crippen LogP contribution is 2.33. The number of hydrogen-bond donors (Lipinski definition) is 1. The van der Waals surface area contributed by atoms with Gasteiger partial charge in [0.2, 0.25) is 11.7 Å². The Balaban J connectivity index is 0.00000380. The standard InChI is InChI=1S/C22H22F7N5O2.ClH/c23-12-1-2-33(9-12)20(36)19-17-10-32(3-4-34(17)21(31-19)22(27,28)29)18(35)7-13(30)5-11-6-15(25)16(26)8-14(11)24;/h6,8,12-13H,1-5,7,9-10,30H2;1H. The third kappa shape index (κ3) is 6.00. The van der Waals surface area contributed by atoms with Gasteiger partial charge in [-0.25, -0.2) is 22.5 Å². The van der Waals surface area contributed by atoms with Gasteiger partial charge in [-0.15, -0.1) is 12.4 Å². The van der Waals surface area contributed by atoms with E-state index in [4.69, 9.17) is 5.73 Å². The summed E-state index contributed by atoms with van der Waals surface area (Å²) in [4.78, 5) is 31.5. The van der Waals surface area contributed by atoms with Crippen LogP contribution in [0.4, 0.5) is 30.7 Å². The fourth-order valence-electron chi connectivity index (χ4n) is 4.45. The van der Waals surface area contributed by atoms with Crippen LogP contribution in [0.5, 0.6) is 0 Å². The summed E-state index contributed by atoms with van der Waals surface area (Å²) in [5.41, 5.74) is 5.05. The van der Waals surface area contributed by atoms with Crippen molar-refractivity contribution in [2.45, 2.75) is 50.7 Å². The largest absolute Gasteiger partial charge is 0.449 e. The fourth-order valence-corrected chi connectivity index (χ4v) is 4.45. The van der Waals surface area contributed by atoms with E-state index in [1.807, 2.05) is 0 Å². The van der Waals surface area contributed by atoms with E-state index in [0.717, 1.165) is 9.47 Å². The fraction of sp³-hybridized carbons (Fsp3) is 0.500. The van der Waals surface area contributed by atoms with Crippen molar-refractivity contribution in [3.8, 4) is 0 Å². The Morgan fingerprint density at radius 2 is 1.73 bits per heavy atom. The predicted octanol–water partition coefficient (Wildman–Crippen LogP) is 3.23. The molecule has 0 radical (unpaired) electrons. The highest BCUT2D eigenvalue weighted by molar-refractivity contribution is 5.94. The molecule has 37 heavy (non-hydrogen) atoms. The molecule has 204 valence electrons. The molecule has 2 aliphatic rings. The number of alkyl halides is 4. The lowest BCUT2D eigenvalue weighted by atomic mass is 10.0. The number of hydrogen-bond acceptors (Lipinski definition) is 4. The zero-order valence-corrected chi connectivity index (χ0v) is 20.0. The molecule has 2 atom stereocenters. The molecule has 2 aromatic rings. The van der Waals surface area contributed by atoms with E-state index >= 15 is 0 Å². The molecule has 2 aliphatic heterocycles. The number of amides is 2. The average molecular weight is 558 g/mol. The van der Waals surface area contributed by atoms with E-state index in [0.29, 0.717) is 12.1 Å². The predicted molar refractivity (Wildman–Crippen MR) is 118 cm³/mol. The number of carbonyl (C=O) groups excluding carboxylic acids is 2. The van der Waals surface area contributed by atoms with Crippen molar-refractivity contribution in [2.75, 3.05) is 19.6 Å². The van der Waals surface area contributed by atoms with Crippen molar-refractivity contribution in [1.29, 1.82) is 0 Å². The maximum Gasteiger partial charge on any atom is 0.449 e. The lowest BCUT2D eigenvalue weighted by molar-refractivity contribution is -0.148. The van der Waals surface area contributed by atoms with Gasteiger partial charge in [0.15, 0.2) is 17.3 Å². The van der Waals surface area contributed by atoms with Crippen LogP contribution in [0.3, 0.4) is 0 Å². The quantitative estimate of drug-likeness (QED) is 0.452. The first kappa shape index (κ1) is 28.7. The molecule has 7 nitrogen and oxygen atoms in total. The van der Waals surface area contributed by atoms with Crippen molar-refractivity contribution in [1.82, 2.24) is 19.4 Å². The first-order chi connectivity index (χ1) is 16.8. The number of halogens is 8. The molecule has 2 unspecified atom stereocenters. The summed E-state index contributed by atoms with van der Waals surface area (Å²) in [7, 11) is 0. The van der Waals surface area contributed by atoms with Gasteiger partial charge in [-0.05, 0) is 24.5 Å². The number of fused-ring (bicyclic) bond motifs is 1. The van der Waals surface area contributed by atoms with E-state index in [2.05, 4.69) is 4.98 Å². The number of aromatic nitrogens is 2. The number of nitrogens with zero attached hydrogens (tertiary/aromatic N) is 4. The Kier molecular flexibility index (Phi) is 8.42. The molecule has 0 spiro atoms. The molecule has 1 fully saturated rings. The third-order valence-electron chi connectivity index (χ3n) is 6.24. The van der Waals surface area contributed by atoms with Gasteiger partial charge in [0.05, 0.1) is 18.8 Å². The molecule has 1 aromatic carbocycles. The van der Waals surface area contributed by atoms with Crippen molar-refractivity contribution in [3.05, 3.63) is 52.4 Å². The van der Waals surface area contributed by atoms with Gasteiger partial charge in [0.25, 0.3) is 5.91 Å². The Morgan fingerprint density at radius 1 is 1.05 bits per heavy atom. The number of carbonyl (C=O) groups is 2.